The summed E-state index contributed by atoms with van der Waals surface area (Å²) in [6, 6.07) is 9.67. The Kier molecular flexibility index (Phi) is 6.43. The Morgan fingerprint density at radius 2 is 1.95 bits per heavy atom. The van der Waals surface area contributed by atoms with Crippen molar-refractivity contribution in [2.45, 2.75) is 25.9 Å². The molecule has 22 heavy (non-hydrogen) atoms. The van der Waals surface area contributed by atoms with Crippen LogP contribution in [-0.2, 0) is 17.8 Å². The van der Waals surface area contributed by atoms with Crippen LogP contribution in [-0.4, -0.2) is 24.8 Å². The predicted octanol–water partition coefficient (Wildman–Crippen LogP) is 3.43. The van der Waals surface area contributed by atoms with Gasteiger partial charge in [-0.1, -0.05) is 12.1 Å². The molecular formula is C17H20O4S. The van der Waals surface area contributed by atoms with Crippen LogP contribution in [0.5, 0.6) is 5.75 Å². The molecule has 0 atom stereocenters. The van der Waals surface area contributed by atoms with Crippen LogP contribution in [0.25, 0.3) is 0 Å². The lowest BCUT2D eigenvalue weighted by atomic mass is 10.1. The van der Waals surface area contributed by atoms with Crippen LogP contribution < -0.4 is 4.74 Å². The minimum atomic E-state index is -0.334. The first-order valence-electron chi connectivity index (χ1n) is 7.22. The maximum atomic E-state index is 11.6. The predicted molar refractivity (Wildman–Crippen MR) is 86.5 cm³/mol. The summed E-state index contributed by atoms with van der Waals surface area (Å²) < 4.78 is 10.5. The van der Waals surface area contributed by atoms with E-state index in [9.17, 15) is 4.79 Å². The number of hydrogen-bond donors (Lipinski definition) is 1. The third-order valence-corrected chi connectivity index (χ3v) is 4.21. The Morgan fingerprint density at radius 3 is 2.64 bits per heavy atom. The molecule has 2 aromatic rings. The van der Waals surface area contributed by atoms with Gasteiger partial charge >= 0.3 is 5.97 Å². The molecule has 5 heteroatoms. The number of aryl methyl sites for hydroxylation is 1. The Bertz CT molecular complexity index is 589. The second-order valence-electron chi connectivity index (χ2n) is 4.86. The number of carbonyl (C=O) groups is 1. The van der Waals surface area contributed by atoms with Gasteiger partial charge in [0.25, 0.3) is 0 Å². The van der Waals surface area contributed by atoms with Gasteiger partial charge in [-0.2, -0.15) is 0 Å². The largest absolute Gasteiger partial charge is 0.488 e. The van der Waals surface area contributed by atoms with Gasteiger partial charge in [0.1, 0.15) is 12.4 Å². The molecule has 4 nitrogen and oxygen atoms in total. The molecular weight excluding hydrogens is 300 g/mol. The molecule has 1 N–H and O–H groups in total. The number of methoxy groups -OCH3 is 1. The van der Waals surface area contributed by atoms with Gasteiger partial charge in [0.15, 0.2) is 0 Å². The fourth-order valence-corrected chi connectivity index (χ4v) is 2.86. The molecule has 118 valence electrons. The van der Waals surface area contributed by atoms with Crippen LogP contribution in [0.15, 0.2) is 35.7 Å². The van der Waals surface area contributed by atoms with E-state index in [0.29, 0.717) is 12.2 Å². The van der Waals surface area contributed by atoms with Crippen molar-refractivity contribution >= 4 is 17.3 Å². The van der Waals surface area contributed by atoms with Gasteiger partial charge < -0.3 is 14.6 Å². The van der Waals surface area contributed by atoms with Crippen molar-refractivity contribution in [2.75, 3.05) is 13.7 Å². The fraction of sp³-hybridized carbons (Fsp3) is 0.353. The average Bonchev–Trinajstić information content (AvgIpc) is 3.02. The van der Waals surface area contributed by atoms with Crippen molar-refractivity contribution in [1.29, 1.82) is 0 Å². The first-order valence-corrected chi connectivity index (χ1v) is 8.10. The number of thiophene rings is 1. The van der Waals surface area contributed by atoms with Crippen molar-refractivity contribution in [3.8, 4) is 5.75 Å². The Hall–Kier alpha value is -1.85. The number of ether oxygens (including phenoxy) is 2. The van der Waals surface area contributed by atoms with Gasteiger partial charge in [0.2, 0.25) is 0 Å². The molecule has 0 saturated heterocycles. The number of aliphatic hydroxyl groups is 1. The molecule has 0 spiro atoms. The number of esters is 1. The van der Waals surface area contributed by atoms with E-state index < -0.39 is 0 Å². The first-order chi connectivity index (χ1) is 10.7. The smallest absolute Gasteiger partial charge is 0.339 e. The number of hydrogen-bond acceptors (Lipinski definition) is 5. The lowest BCUT2D eigenvalue weighted by Crippen LogP contribution is -2.04. The van der Waals surface area contributed by atoms with Gasteiger partial charge in [0, 0.05) is 6.61 Å². The highest BCUT2D eigenvalue weighted by molar-refractivity contribution is 7.10. The second kappa shape index (κ2) is 8.56. The third-order valence-electron chi connectivity index (χ3n) is 3.32. The van der Waals surface area contributed by atoms with Crippen LogP contribution in [0.2, 0.25) is 0 Å². The van der Waals surface area contributed by atoms with E-state index in [-0.39, 0.29) is 12.6 Å². The summed E-state index contributed by atoms with van der Waals surface area (Å²) in [5.41, 5.74) is 1.79. The first kappa shape index (κ1) is 16.5. The standard InChI is InChI=1S/C17H20O4S/c1-20-17(19)15-9-11-22-16(15)12-21-14-7-5-13(6-8-14)4-2-3-10-18/h5-9,11,18H,2-4,10,12H2,1H3. The SMILES string of the molecule is COC(=O)c1ccsc1COc1ccc(CCCCO)cc1. The van der Waals surface area contributed by atoms with E-state index >= 15 is 0 Å². The van der Waals surface area contributed by atoms with Crippen molar-refractivity contribution in [3.05, 3.63) is 51.7 Å². The minimum Gasteiger partial charge on any atom is -0.488 e. The molecule has 1 aromatic heterocycles. The molecule has 0 saturated carbocycles. The molecule has 1 heterocycles. The topological polar surface area (TPSA) is 55.8 Å². The van der Waals surface area contributed by atoms with E-state index in [1.54, 1.807) is 6.07 Å². The molecule has 0 aliphatic rings. The van der Waals surface area contributed by atoms with Crippen LogP contribution in [0.1, 0.15) is 33.6 Å². The van der Waals surface area contributed by atoms with Crippen molar-refractivity contribution in [1.82, 2.24) is 0 Å². The summed E-state index contributed by atoms with van der Waals surface area (Å²) >= 11 is 1.48. The highest BCUT2D eigenvalue weighted by atomic mass is 32.1. The van der Waals surface area contributed by atoms with E-state index in [2.05, 4.69) is 0 Å². The zero-order chi connectivity index (χ0) is 15.8. The fourth-order valence-electron chi connectivity index (χ4n) is 2.09. The molecule has 2 rings (SSSR count). The monoisotopic (exact) mass is 320 g/mol. The quantitative estimate of drug-likeness (QED) is 0.598. The highest BCUT2D eigenvalue weighted by Gasteiger charge is 2.13. The summed E-state index contributed by atoms with van der Waals surface area (Å²) in [5.74, 6) is 0.439. The van der Waals surface area contributed by atoms with E-state index in [1.165, 1.54) is 24.0 Å². The maximum Gasteiger partial charge on any atom is 0.339 e. The van der Waals surface area contributed by atoms with Crippen LogP contribution >= 0.6 is 11.3 Å². The normalized spacial score (nSPS) is 10.5. The van der Waals surface area contributed by atoms with E-state index in [0.717, 1.165) is 29.9 Å². The average molecular weight is 320 g/mol. The summed E-state index contributed by atoms with van der Waals surface area (Å²) in [7, 11) is 1.38. The van der Waals surface area contributed by atoms with Crippen molar-refractivity contribution < 1.29 is 19.4 Å². The van der Waals surface area contributed by atoms with Crippen LogP contribution in [0.3, 0.4) is 0 Å². The van der Waals surface area contributed by atoms with Gasteiger partial charge in [-0.15, -0.1) is 11.3 Å². The molecule has 0 radical (unpaired) electrons. The minimum absolute atomic E-state index is 0.241. The summed E-state index contributed by atoms with van der Waals surface area (Å²) in [4.78, 5) is 12.4. The molecule has 0 aliphatic heterocycles. The lowest BCUT2D eigenvalue weighted by Gasteiger charge is -2.07. The molecule has 0 amide bonds. The van der Waals surface area contributed by atoms with Gasteiger partial charge in [-0.25, -0.2) is 4.79 Å². The zero-order valence-electron chi connectivity index (χ0n) is 12.6. The van der Waals surface area contributed by atoms with Gasteiger partial charge in [-0.05, 0) is 48.4 Å². The van der Waals surface area contributed by atoms with E-state index in [4.69, 9.17) is 14.6 Å². The third kappa shape index (κ3) is 4.58. The van der Waals surface area contributed by atoms with Crippen molar-refractivity contribution in [3.63, 3.8) is 0 Å². The Labute approximate surface area is 134 Å². The second-order valence-corrected chi connectivity index (χ2v) is 5.86. The lowest BCUT2D eigenvalue weighted by molar-refractivity contribution is 0.0598. The van der Waals surface area contributed by atoms with Crippen LogP contribution in [0.4, 0.5) is 0 Å². The number of benzene rings is 1. The number of carbonyl (C=O) groups excluding carboxylic acids is 1. The molecule has 1 aromatic carbocycles. The van der Waals surface area contributed by atoms with Gasteiger partial charge in [0.05, 0.1) is 17.6 Å². The van der Waals surface area contributed by atoms with Crippen LogP contribution in [0, 0.1) is 0 Å². The zero-order valence-corrected chi connectivity index (χ0v) is 13.4. The molecule has 0 aliphatic carbocycles. The number of rotatable bonds is 8. The molecule has 0 bridgehead atoms. The van der Waals surface area contributed by atoms with E-state index in [1.807, 2.05) is 29.6 Å². The highest BCUT2D eigenvalue weighted by Crippen LogP contribution is 2.21. The maximum absolute atomic E-state index is 11.6. The van der Waals surface area contributed by atoms with Gasteiger partial charge in [-0.3, -0.25) is 0 Å². The molecule has 0 fully saturated rings. The number of unbranched alkanes of at least 4 members (excludes halogenated alkanes) is 1. The summed E-state index contributed by atoms with van der Waals surface area (Å²) in [6.45, 7) is 0.594. The Balaban J connectivity index is 1.89. The summed E-state index contributed by atoms with van der Waals surface area (Å²) in [6.07, 6.45) is 2.76. The Morgan fingerprint density at radius 1 is 1.18 bits per heavy atom. The summed E-state index contributed by atoms with van der Waals surface area (Å²) in [5, 5.41) is 10.6. The van der Waals surface area contributed by atoms with Crippen molar-refractivity contribution in [2.24, 2.45) is 0 Å². The molecule has 0 unspecified atom stereocenters. The number of aliphatic hydroxyl groups excluding tert-OH is 1.